The van der Waals surface area contributed by atoms with E-state index in [1.54, 1.807) is 7.05 Å². The Bertz CT molecular complexity index is 472. The topological polar surface area (TPSA) is 93.0 Å². The monoisotopic (exact) mass is 279 g/mol. The quantitative estimate of drug-likeness (QED) is 0.636. The van der Waals surface area contributed by atoms with E-state index in [1.165, 1.54) is 25.6 Å². The fraction of sp³-hybridized carbons (Fsp3) is 0.692. The van der Waals surface area contributed by atoms with Crippen LogP contribution >= 0.6 is 0 Å². The average Bonchev–Trinajstić information content (AvgIpc) is 2.47. The molecule has 0 atom stereocenters. The Morgan fingerprint density at radius 3 is 2.50 bits per heavy atom. The van der Waals surface area contributed by atoms with Crippen molar-refractivity contribution in [2.24, 2.45) is 5.92 Å². The summed E-state index contributed by atoms with van der Waals surface area (Å²) in [5, 5.41) is 17.1. The Labute approximate surface area is 118 Å². The van der Waals surface area contributed by atoms with Gasteiger partial charge < -0.3 is 10.6 Å². The van der Waals surface area contributed by atoms with Gasteiger partial charge in [-0.25, -0.2) is 9.97 Å². The lowest BCUT2D eigenvalue weighted by Gasteiger charge is -2.28. The second-order valence-electron chi connectivity index (χ2n) is 5.20. The van der Waals surface area contributed by atoms with E-state index in [-0.39, 0.29) is 17.5 Å². The molecule has 0 aliphatic heterocycles. The summed E-state index contributed by atoms with van der Waals surface area (Å²) in [4.78, 5) is 18.7. The van der Waals surface area contributed by atoms with Crippen LogP contribution in [0, 0.1) is 16.0 Å². The number of anilines is 2. The maximum absolute atomic E-state index is 11.2. The van der Waals surface area contributed by atoms with Crippen molar-refractivity contribution in [3.05, 3.63) is 16.4 Å². The summed E-state index contributed by atoms with van der Waals surface area (Å²) in [7, 11) is 1.62. The van der Waals surface area contributed by atoms with E-state index in [1.807, 2.05) is 0 Å². The number of nitrogens with one attached hydrogen (secondary N) is 2. The van der Waals surface area contributed by atoms with Gasteiger partial charge in [-0.15, -0.1) is 0 Å². The van der Waals surface area contributed by atoms with Gasteiger partial charge in [0.15, 0.2) is 0 Å². The minimum atomic E-state index is -0.439. The largest absolute Gasteiger partial charge is 0.367 e. The highest BCUT2D eigenvalue weighted by molar-refractivity contribution is 5.69. The van der Waals surface area contributed by atoms with Crippen molar-refractivity contribution in [3.8, 4) is 0 Å². The van der Waals surface area contributed by atoms with Crippen molar-refractivity contribution in [1.82, 2.24) is 9.97 Å². The first kappa shape index (κ1) is 14.5. The molecule has 20 heavy (non-hydrogen) atoms. The van der Waals surface area contributed by atoms with Crippen LogP contribution in [0.25, 0.3) is 0 Å². The Hall–Kier alpha value is -1.92. The molecule has 1 aliphatic rings. The van der Waals surface area contributed by atoms with Gasteiger partial charge in [0.2, 0.25) is 11.6 Å². The third-order valence-corrected chi connectivity index (χ3v) is 4.01. The lowest BCUT2D eigenvalue weighted by Crippen LogP contribution is -2.27. The summed E-state index contributed by atoms with van der Waals surface area (Å²) in [6.07, 6.45) is 6.98. The van der Waals surface area contributed by atoms with E-state index < -0.39 is 4.92 Å². The van der Waals surface area contributed by atoms with Gasteiger partial charge >= 0.3 is 5.69 Å². The molecule has 2 N–H and O–H groups in total. The van der Waals surface area contributed by atoms with Crippen molar-refractivity contribution >= 4 is 17.3 Å². The van der Waals surface area contributed by atoms with Crippen molar-refractivity contribution in [3.63, 3.8) is 0 Å². The van der Waals surface area contributed by atoms with Crippen LogP contribution < -0.4 is 10.6 Å². The highest BCUT2D eigenvalue weighted by Gasteiger charge is 2.26. The van der Waals surface area contributed by atoms with Crippen LogP contribution in [-0.2, 0) is 0 Å². The molecule has 0 spiro atoms. The molecule has 2 rings (SSSR count). The molecule has 7 nitrogen and oxygen atoms in total. The molecule has 1 heterocycles. The summed E-state index contributed by atoms with van der Waals surface area (Å²) in [5.41, 5.74) is -0.0763. The summed E-state index contributed by atoms with van der Waals surface area (Å²) in [6, 6.07) is 0.260. The van der Waals surface area contributed by atoms with E-state index in [0.29, 0.717) is 5.82 Å². The van der Waals surface area contributed by atoms with Gasteiger partial charge in [-0.05, 0) is 31.6 Å². The zero-order valence-corrected chi connectivity index (χ0v) is 11.9. The van der Waals surface area contributed by atoms with Gasteiger partial charge in [0.1, 0.15) is 6.33 Å². The number of hydrogen-bond acceptors (Lipinski definition) is 6. The van der Waals surface area contributed by atoms with Crippen LogP contribution in [0.2, 0.25) is 0 Å². The normalized spacial score (nSPS) is 22.3. The van der Waals surface area contributed by atoms with Crippen LogP contribution in [0.15, 0.2) is 6.33 Å². The smallest absolute Gasteiger partial charge is 0.353 e. The molecule has 0 bridgehead atoms. The standard InChI is InChI=1S/C13H21N5O2/c1-3-9-4-6-10(7-5-9)17-13-11(18(19)20)12(14-2)15-8-16-13/h8-10H,3-7H2,1-2H3,(H2,14,15,16,17). The van der Waals surface area contributed by atoms with Gasteiger partial charge in [-0.2, -0.15) is 0 Å². The number of nitrogens with zero attached hydrogens (tertiary/aromatic N) is 3. The minimum absolute atomic E-state index is 0.0763. The van der Waals surface area contributed by atoms with Crippen molar-refractivity contribution in [2.45, 2.75) is 45.1 Å². The predicted octanol–water partition coefficient (Wildman–Crippen LogP) is 2.81. The number of hydrogen-bond donors (Lipinski definition) is 2. The van der Waals surface area contributed by atoms with Gasteiger partial charge in [-0.3, -0.25) is 10.1 Å². The molecular formula is C13H21N5O2. The first-order valence-electron chi connectivity index (χ1n) is 7.09. The van der Waals surface area contributed by atoms with Crippen molar-refractivity contribution in [1.29, 1.82) is 0 Å². The molecule has 0 saturated heterocycles. The zero-order valence-electron chi connectivity index (χ0n) is 11.9. The fourth-order valence-corrected chi connectivity index (χ4v) is 2.75. The van der Waals surface area contributed by atoms with Crippen LogP contribution in [-0.4, -0.2) is 28.0 Å². The second-order valence-corrected chi connectivity index (χ2v) is 5.20. The highest BCUT2D eigenvalue weighted by Crippen LogP contribution is 2.32. The van der Waals surface area contributed by atoms with E-state index >= 15 is 0 Å². The third kappa shape index (κ3) is 3.15. The average molecular weight is 279 g/mol. The lowest BCUT2D eigenvalue weighted by molar-refractivity contribution is -0.383. The molecule has 1 saturated carbocycles. The fourth-order valence-electron chi connectivity index (χ4n) is 2.75. The summed E-state index contributed by atoms with van der Waals surface area (Å²) in [5.74, 6) is 1.35. The van der Waals surface area contributed by atoms with Crippen LogP contribution in [0.4, 0.5) is 17.3 Å². The first-order chi connectivity index (χ1) is 9.65. The first-order valence-corrected chi connectivity index (χ1v) is 7.09. The molecule has 1 aromatic rings. The molecule has 0 radical (unpaired) electrons. The molecule has 0 unspecified atom stereocenters. The van der Waals surface area contributed by atoms with Crippen molar-refractivity contribution in [2.75, 3.05) is 17.7 Å². The molecule has 1 aliphatic carbocycles. The van der Waals surface area contributed by atoms with E-state index in [2.05, 4.69) is 27.5 Å². The second kappa shape index (κ2) is 6.49. The predicted molar refractivity (Wildman–Crippen MR) is 77.9 cm³/mol. The SMILES string of the molecule is CCC1CCC(Nc2ncnc(NC)c2[N+](=O)[O-])CC1. The highest BCUT2D eigenvalue weighted by atomic mass is 16.6. The van der Waals surface area contributed by atoms with Gasteiger partial charge in [0.05, 0.1) is 4.92 Å². The summed E-state index contributed by atoms with van der Waals surface area (Å²) < 4.78 is 0. The maximum atomic E-state index is 11.2. The molecule has 0 amide bonds. The molecule has 0 aromatic carbocycles. The Kier molecular flexibility index (Phi) is 4.70. The third-order valence-electron chi connectivity index (χ3n) is 4.01. The van der Waals surface area contributed by atoms with Gasteiger partial charge in [0, 0.05) is 13.1 Å². The van der Waals surface area contributed by atoms with Crippen LogP contribution in [0.3, 0.4) is 0 Å². The van der Waals surface area contributed by atoms with Crippen molar-refractivity contribution < 1.29 is 4.92 Å². The molecule has 110 valence electrons. The minimum Gasteiger partial charge on any atom is -0.367 e. The molecule has 1 aromatic heterocycles. The Balaban J connectivity index is 2.12. The molecular weight excluding hydrogens is 258 g/mol. The molecule has 7 heteroatoms. The van der Waals surface area contributed by atoms with Gasteiger partial charge in [-0.1, -0.05) is 13.3 Å². The summed E-state index contributed by atoms with van der Waals surface area (Å²) in [6.45, 7) is 2.22. The van der Waals surface area contributed by atoms with E-state index in [0.717, 1.165) is 18.8 Å². The van der Waals surface area contributed by atoms with E-state index in [4.69, 9.17) is 0 Å². The Morgan fingerprint density at radius 2 is 1.95 bits per heavy atom. The Morgan fingerprint density at radius 1 is 1.30 bits per heavy atom. The number of nitro groups is 1. The van der Waals surface area contributed by atoms with Crippen LogP contribution in [0.5, 0.6) is 0 Å². The summed E-state index contributed by atoms with van der Waals surface area (Å²) >= 11 is 0. The maximum Gasteiger partial charge on any atom is 0.353 e. The zero-order chi connectivity index (χ0) is 14.5. The number of aromatic nitrogens is 2. The molecule has 1 fully saturated rings. The van der Waals surface area contributed by atoms with Crippen LogP contribution in [0.1, 0.15) is 39.0 Å². The lowest BCUT2D eigenvalue weighted by atomic mass is 9.84. The van der Waals surface area contributed by atoms with Gasteiger partial charge in [0.25, 0.3) is 0 Å². The van der Waals surface area contributed by atoms with E-state index in [9.17, 15) is 10.1 Å². The number of rotatable bonds is 5.